The minimum Gasteiger partial charge on any atom is -0.353 e. The molecule has 2 amide bonds. The smallest absolute Gasteiger partial charge is 0.223 e. The fraction of sp³-hybridized carbons (Fsp3) is 0.273. The Morgan fingerprint density at radius 1 is 0.621 bits per heavy atom. The number of aromatic amines is 4. The number of hydrogen-bond donors (Lipinski definition) is 4. The molecule has 4 aromatic carbocycles. The predicted octanol–water partition coefficient (Wildman–Crippen LogP) is 8.06. The van der Waals surface area contributed by atoms with Gasteiger partial charge in [-0.1, -0.05) is 35.3 Å². The van der Waals surface area contributed by atoms with Crippen molar-refractivity contribution in [3.05, 3.63) is 106 Å². The van der Waals surface area contributed by atoms with Crippen molar-refractivity contribution in [2.75, 3.05) is 52.9 Å². The molecule has 4 aromatic heterocycles. The number of benzene rings is 4. The summed E-state index contributed by atoms with van der Waals surface area (Å²) in [4.78, 5) is 38.8. The number of aromatic nitrogens is 6. The minimum atomic E-state index is 0.166. The predicted molar refractivity (Wildman–Crippen MR) is 232 cm³/mol. The Kier molecular flexibility index (Phi) is 10.4. The van der Waals surface area contributed by atoms with Gasteiger partial charge >= 0.3 is 0 Å². The third-order valence-electron chi connectivity index (χ3n) is 11.4. The number of carbonyl (C=O) groups is 2. The zero-order chi connectivity index (χ0) is 39.9. The monoisotopic (exact) mass is 814 g/mol. The van der Waals surface area contributed by atoms with E-state index < -0.39 is 0 Å². The van der Waals surface area contributed by atoms with Crippen LogP contribution in [0.2, 0.25) is 10.0 Å². The summed E-state index contributed by atoms with van der Waals surface area (Å²) in [6.07, 6.45) is 0.587. The van der Waals surface area contributed by atoms with Gasteiger partial charge in [0, 0.05) is 122 Å². The van der Waals surface area contributed by atoms with Crippen LogP contribution in [0.25, 0.3) is 66.4 Å². The quantitative estimate of drug-likeness (QED) is 0.134. The van der Waals surface area contributed by atoms with Crippen LogP contribution in [0.3, 0.4) is 0 Å². The van der Waals surface area contributed by atoms with E-state index in [9.17, 15) is 9.59 Å². The van der Waals surface area contributed by atoms with E-state index in [1.54, 1.807) is 6.92 Å². The molecule has 296 valence electrons. The summed E-state index contributed by atoms with van der Waals surface area (Å²) in [6, 6.07) is 28.8. The van der Waals surface area contributed by atoms with Crippen LogP contribution in [0.1, 0.15) is 24.5 Å². The van der Waals surface area contributed by atoms with Crippen molar-refractivity contribution in [2.45, 2.75) is 26.4 Å². The third kappa shape index (κ3) is 7.93. The normalized spacial score (nSPS) is 15.8. The fourth-order valence-corrected chi connectivity index (χ4v) is 8.42. The molecule has 2 saturated heterocycles. The van der Waals surface area contributed by atoms with Crippen molar-refractivity contribution >= 4 is 78.6 Å². The van der Waals surface area contributed by atoms with E-state index in [2.05, 4.69) is 88.7 Å². The lowest BCUT2D eigenvalue weighted by atomic mass is 10.1. The molecule has 0 unspecified atom stereocenters. The summed E-state index contributed by atoms with van der Waals surface area (Å²) in [5.74, 6) is 0.393. The summed E-state index contributed by atoms with van der Waals surface area (Å²) in [5, 5.41) is 20.9. The van der Waals surface area contributed by atoms with Gasteiger partial charge in [-0.3, -0.25) is 29.6 Å². The molecule has 10 rings (SSSR count). The molecule has 2 aliphatic rings. The Morgan fingerprint density at radius 2 is 1.12 bits per heavy atom. The molecule has 14 heteroatoms. The highest BCUT2D eigenvalue weighted by atomic mass is 35.5. The number of amides is 2. The van der Waals surface area contributed by atoms with Crippen LogP contribution in [-0.2, 0) is 22.7 Å². The van der Waals surface area contributed by atoms with Crippen molar-refractivity contribution in [2.24, 2.45) is 0 Å². The van der Waals surface area contributed by atoms with Gasteiger partial charge in [-0.15, -0.1) is 0 Å². The van der Waals surface area contributed by atoms with Gasteiger partial charge in [0.1, 0.15) is 11.4 Å². The number of halogens is 2. The largest absolute Gasteiger partial charge is 0.353 e. The average molecular weight is 816 g/mol. The van der Waals surface area contributed by atoms with Crippen LogP contribution >= 0.6 is 23.2 Å². The molecule has 0 aliphatic carbocycles. The zero-order valence-electron chi connectivity index (χ0n) is 32.4. The van der Waals surface area contributed by atoms with E-state index in [0.29, 0.717) is 16.5 Å². The second-order valence-corrected chi connectivity index (χ2v) is 16.2. The standard InChI is InChI=1S/2C22H22ClN5O/c1-14(29)28-8-6-27(7-9-28)13-15-2-5-19-16(10-15)11-21(24-19)22-18-4-3-17(23)12-20(18)25-26-22;1-27-8-9-28(7-6-21(27)29)13-14-2-5-18-15(10-14)11-20(24-18)22-17-4-3-16(23)12-19(17)25-26-22/h2*2-5,10-12,24H,6-9,13H2,1H3,(H,25,26). The Labute approximate surface area is 345 Å². The SMILES string of the molecule is CC(=O)N1CCN(Cc2ccc3[nH]c(-c4n[nH]c5cc(Cl)ccc45)cc3c2)CC1.CN1CCN(Cc2ccc3[nH]c(-c4n[nH]c5cc(Cl)ccc45)cc3c2)CCC1=O. The van der Waals surface area contributed by atoms with E-state index in [1.165, 1.54) is 16.5 Å². The molecular formula is C44H44Cl2N10O2. The van der Waals surface area contributed by atoms with E-state index in [1.807, 2.05) is 53.2 Å². The second kappa shape index (κ2) is 15.9. The van der Waals surface area contributed by atoms with Gasteiger partial charge in [-0.25, -0.2) is 0 Å². The number of hydrogen-bond acceptors (Lipinski definition) is 6. The molecule has 12 nitrogen and oxygen atoms in total. The molecule has 4 N–H and O–H groups in total. The van der Waals surface area contributed by atoms with Gasteiger partial charge in [0.25, 0.3) is 0 Å². The number of rotatable bonds is 6. The van der Waals surface area contributed by atoms with Crippen molar-refractivity contribution in [1.82, 2.24) is 50.0 Å². The molecule has 0 radical (unpaired) electrons. The summed E-state index contributed by atoms with van der Waals surface area (Å²) < 4.78 is 0. The molecule has 58 heavy (non-hydrogen) atoms. The third-order valence-corrected chi connectivity index (χ3v) is 11.8. The average Bonchev–Trinajstić information content (AvgIpc) is 4.01. The first kappa shape index (κ1) is 37.9. The van der Waals surface area contributed by atoms with E-state index >= 15 is 0 Å². The van der Waals surface area contributed by atoms with Crippen molar-refractivity contribution in [3.8, 4) is 22.8 Å². The highest BCUT2D eigenvalue weighted by Gasteiger charge is 2.20. The number of nitrogens with one attached hydrogen (secondary N) is 4. The second-order valence-electron chi connectivity index (χ2n) is 15.4. The summed E-state index contributed by atoms with van der Waals surface area (Å²) in [6.45, 7) is 9.32. The molecule has 8 aromatic rings. The lowest BCUT2D eigenvalue weighted by molar-refractivity contribution is -0.130. The van der Waals surface area contributed by atoms with Crippen LogP contribution in [0.4, 0.5) is 0 Å². The Hall–Kier alpha value is -5.66. The fourth-order valence-electron chi connectivity index (χ4n) is 8.08. The Morgan fingerprint density at radius 3 is 1.64 bits per heavy atom. The number of carbonyl (C=O) groups excluding carboxylic acids is 2. The van der Waals surface area contributed by atoms with Crippen LogP contribution < -0.4 is 0 Å². The van der Waals surface area contributed by atoms with Gasteiger partial charge in [0.05, 0.1) is 22.4 Å². The van der Waals surface area contributed by atoms with Gasteiger partial charge in [0.2, 0.25) is 11.8 Å². The van der Waals surface area contributed by atoms with Crippen LogP contribution in [0, 0.1) is 0 Å². The molecule has 2 fully saturated rings. The van der Waals surface area contributed by atoms with Gasteiger partial charge in [-0.2, -0.15) is 10.2 Å². The first-order valence-corrected chi connectivity index (χ1v) is 20.3. The highest BCUT2D eigenvalue weighted by Crippen LogP contribution is 2.32. The van der Waals surface area contributed by atoms with Crippen LogP contribution in [-0.4, -0.2) is 115 Å². The molecular weight excluding hydrogens is 771 g/mol. The summed E-state index contributed by atoms with van der Waals surface area (Å²) in [5.41, 5.74) is 10.3. The topological polar surface area (TPSA) is 136 Å². The summed E-state index contributed by atoms with van der Waals surface area (Å²) >= 11 is 12.2. The van der Waals surface area contributed by atoms with Gasteiger partial charge in [-0.05, 0) is 83.9 Å². The van der Waals surface area contributed by atoms with Gasteiger partial charge in [0.15, 0.2) is 0 Å². The zero-order valence-corrected chi connectivity index (χ0v) is 33.9. The van der Waals surface area contributed by atoms with Crippen molar-refractivity contribution < 1.29 is 9.59 Å². The maximum absolute atomic E-state index is 11.9. The molecule has 0 atom stereocenters. The Bertz CT molecular complexity index is 2790. The molecule has 2 aliphatic heterocycles. The molecule has 0 bridgehead atoms. The van der Waals surface area contributed by atoms with E-state index in [0.717, 1.165) is 120 Å². The number of piperazine rings is 1. The number of fused-ring (bicyclic) bond motifs is 4. The van der Waals surface area contributed by atoms with E-state index in [-0.39, 0.29) is 11.8 Å². The number of H-pyrrole nitrogens is 4. The van der Waals surface area contributed by atoms with Crippen molar-refractivity contribution in [3.63, 3.8) is 0 Å². The highest BCUT2D eigenvalue weighted by molar-refractivity contribution is 6.31. The maximum Gasteiger partial charge on any atom is 0.223 e. The first-order valence-electron chi connectivity index (χ1n) is 19.6. The maximum atomic E-state index is 11.9. The molecule has 0 spiro atoms. The van der Waals surface area contributed by atoms with E-state index in [4.69, 9.17) is 23.2 Å². The lowest BCUT2D eigenvalue weighted by Crippen LogP contribution is -2.47. The summed E-state index contributed by atoms with van der Waals surface area (Å²) in [7, 11) is 1.88. The lowest BCUT2D eigenvalue weighted by Gasteiger charge is -2.34. The van der Waals surface area contributed by atoms with Crippen LogP contribution in [0.15, 0.2) is 84.9 Å². The van der Waals surface area contributed by atoms with Gasteiger partial charge < -0.3 is 19.8 Å². The van der Waals surface area contributed by atoms with Crippen LogP contribution in [0.5, 0.6) is 0 Å². The Balaban J connectivity index is 0.000000150. The first-order chi connectivity index (χ1) is 28.1. The number of likely N-dealkylation sites (N-methyl/N-ethyl adjacent to an activating group) is 1. The minimum absolute atomic E-state index is 0.166. The van der Waals surface area contributed by atoms with Crippen molar-refractivity contribution in [1.29, 1.82) is 0 Å². The molecule has 0 saturated carbocycles. The number of nitrogens with zero attached hydrogens (tertiary/aromatic N) is 6. The molecule has 6 heterocycles.